The first kappa shape index (κ1) is 20.3. The summed E-state index contributed by atoms with van der Waals surface area (Å²) >= 11 is 0. The largest absolute Gasteiger partial charge is 0.496 e. The number of rotatable bonds is 8. The van der Waals surface area contributed by atoms with Gasteiger partial charge in [0.05, 0.1) is 18.6 Å². The molecule has 0 unspecified atom stereocenters. The molecule has 0 radical (unpaired) electrons. The van der Waals surface area contributed by atoms with Crippen LogP contribution in [-0.4, -0.2) is 33.5 Å². The number of hydrogen-bond donors (Lipinski definition) is 0. The zero-order valence-electron chi connectivity index (χ0n) is 16.0. The van der Waals surface area contributed by atoms with Gasteiger partial charge in [-0.05, 0) is 42.7 Å². The van der Waals surface area contributed by atoms with Crippen LogP contribution in [0.4, 0.5) is 0 Å². The maximum absolute atomic E-state index is 13.0. The first-order valence-corrected chi connectivity index (χ1v) is 10.1. The lowest BCUT2D eigenvalue weighted by Gasteiger charge is -2.20. The topological polar surface area (TPSA) is 55.8 Å². The van der Waals surface area contributed by atoms with Gasteiger partial charge in [-0.15, -0.1) is 0 Å². The van der Waals surface area contributed by atoms with E-state index in [0.29, 0.717) is 18.1 Å². The summed E-state index contributed by atoms with van der Waals surface area (Å²) in [6.07, 6.45) is 0. The van der Waals surface area contributed by atoms with E-state index in [0.717, 1.165) is 11.1 Å². The predicted molar refractivity (Wildman–Crippen MR) is 103 cm³/mol. The van der Waals surface area contributed by atoms with Crippen LogP contribution in [0, 0.1) is 0 Å². The number of para-hydroxylation sites is 1. The average Bonchev–Trinajstić information content (AvgIpc) is 2.62. The highest BCUT2D eigenvalue weighted by molar-refractivity contribution is 7.89. The Balaban J connectivity index is 2.34. The normalized spacial score (nSPS) is 11.8. The van der Waals surface area contributed by atoms with Crippen LogP contribution in [-0.2, 0) is 16.6 Å². The maximum Gasteiger partial charge on any atom is 0.243 e. The molecule has 0 saturated heterocycles. The SMILES string of the molecule is CCOc1ccccc1CN(C)S(=O)(=O)c1ccc(OC)c(C(C)C)c1. The van der Waals surface area contributed by atoms with Gasteiger partial charge in [0, 0.05) is 19.2 Å². The van der Waals surface area contributed by atoms with Crippen LogP contribution in [0.25, 0.3) is 0 Å². The Morgan fingerprint density at radius 1 is 1.08 bits per heavy atom. The molecule has 0 aromatic heterocycles. The van der Waals surface area contributed by atoms with E-state index < -0.39 is 10.0 Å². The highest BCUT2D eigenvalue weighted by atomic mass is 32.2. The fraction of sp³-hybridized carbons (Fsp3) is 0.400. The summed E-state index contributed by atoms with van der Waals surface area (Å²) in [4.78, 5) is 0.262. The summed E-state index contributed by atoms with van der Waals surface area (Å²) in [5.74, 6) is 1.56. The minimum atomic E-state index is -3.63. The summed E-state index contributed by atoms with van der Waals surface area (Å²) in [7, 11) is -0.458. The molecule has 0 saturated carbocycles. The van der Waals surface area contributed by atoms with Crippen LogP contribution in [0.2, 0.25) is 0 Å². The Kier molecular flexibility index (Phi) is 6.67. The molecule has 0 bridgehead atoms. The molecule has 142 valence electrons. The van der Waals surface area contributed by atoms with Crippen molar-refractivity contribution in [1.82, 2.24) is 4.31 Å². The van der Waals surface area contributed by atoms with Gasteiger partial charge in [0.15, 0.2) is 0 Å². The number of hydrogen-bond acceptors (Lipinski definition) is 4. The monoisotopic (exact) mass is 377 g/mol. The zero-order valence-corrected chi connectivity index (χ0v) is 16.8. The molecule has 0 N–H and O–H groups in total. The standard InChI is InChI=1S/C20H27NO4S/c1-6-25-19-10-8-7-9-16(19)14-21(4)26(22,23)17-11-12-20(24-5)18(13-17)15(2)3/h7-13,15H,6,14H2,1-5H3. The average molecular weight is 378 g/mol. The molecule has 0 aliphatic carbocycles. The van der Waals surface area contributed by atoms with Crippen molar-refractivity contribution in [3.8, 4) is 11.5 Å². The minimum Gasteiger partial charge on any atom is -0.496 e. The lowest BCUT2D eigenvalue weighted by atomic mass is 10.0. The molecule has 5 nitrogen and oxygen atoms in total. The second-order valence-electron chi connectivity index (χ2n) is 6.36. The molecule has 0 amide bonds. The van der Waals surface area contributed by atoms with Gasteiger partial charge in [0.25, 0.3) is 0 Å². The molecular weight excluding hydrogens is 350 g/mol. The van der Waals surface area contributed by atoms with Gasteiger partial charge in [0.2, 0.25) is 10.0 Å². The predicted octanol–water partition coefficient (Wildman–Crippen LogP) is 4.04. The summed E-state index contributed by atoms with van der Waals surface area (Å²) in [6.45, 7) is 6.69. The Morgan fingerprint density at radius 3 is 2.38 bits per heavy atom. The van der Waals surface area contributed by atoms with Crippen molar-refractivity contribution < 1.29 is 17.9 Å². The Bertz CT molecular complexity index is 847. The summed E-state index contributed by atoms with van der Waals surface area (Å²) in [5.41, 5.74) is 1.70. The smallest absolute Gasteiger partial charge is 0.243 e. The van der Waals surface area contributed by atoms with Gasteiger partial charge >= 0.3 is 0 Å². The highest BCUT2D eigenvalue weighted by Gasteiger charge is 2.23. The second kappa shape index (κ2) is 8.56. The summed E-state index contributed by atoms with van der Waals surface area (Å²) in [6, 6.07) is 12.5. The molecule has 2 aromatic carbocycles. The van der Waals surface area contributed by atoms with Crippen molar-refractivity contribution in [3.63, 3.8) is 0 Å². The number of ether oxygens (including phenoxy) is 2. The summed E-state index contributed by atoms with van der Waals surface area (Å²) < 4.78 is 38.3. The molecule has 2 rings (SSSR count). The number of methoxy groups -OCH3 is 1. The van der Waals surface area contributed by atoms with Crippen molar-refractivity contribution in [2.45, 2.75) is 38.1 Å². The van der Waals surface area contributed by atoms with E-state index in [1.54, 1.807) is 32.4 Å². The van der Waals surface area contributed by atoms with Crippen LogP contribution in [0.15, 0.2) is 47.4 Å². The fourth-order valence-corrected chi connectivity index (χ4v) is 3.94. The van der Waals surface area contributed by atoms with Crippen LogP contribution < -0.4 is 9.47 Å². The lowest BCUT2D eigenvalue weighted by Crippen LogP contribution is -2.27. The Labute approximate surface area is 156 Å². The van der Waals surface area contributed by atoms with E-state index in [9.17, 15) is 8.42 Å². The van der Waals surface area contributed by atoms with Gasteiger partial charge in [0.1, 0.15) is 11.5 Å². The lowest BCUT2D eigenvalue weighted by molar-refractivity contribution is 0.332. The molecule has 6 heteroatoms. The number of benzene rings is 2. The van der Waals surface area contributed by atoms with E-state index in [1.807, 2.05) is 45.0 Å². The molecule has 0 spiro atoms. The van der Waals surface area contributed by atoms with Crippen molar-refractivity contribution >= 4 is 10.0 Å². The van der Waals surface area contributed by atoms with E-state index in [1.165, 1.54) is 4.31 Å². The first-order valence-electron chi connectivity index (χ1n) is 8.66. The van der Waals surface area contributed by atoms with E-state index in [2.05, 4.69) is 0 Å². The first-order chi connectivity index (χ1) is 12.3. The molecule has 0 aliphatic rings. The van der Waals surface area contributed by atoms with E-state index in [-0.39, 0.29) is 17.4 Å². The quantitative estimate of drug-likeness (QED) is 0.697. The number of nitrogens with zero attached hydrogens (tertiary/aromatic N) is 1. The fourth-order valence-electron chi connectivity index (χ4n) is 2.76. The third kappa shape index (κ3) is 4.37. The molecule has 0 heterocycles. The third-order valence-electron chi connectivity index (χ3n) is 4.20. The highest BCUT2D eigenvalue weighted by Crippen LogP contribution is 2.30. The van der Waals surface area contributed by atoms with Crippen LogP contribution in [0.1, 0.15) is 37.8 Å². The molecule has 0 atom stereocenters. The van der Waals surface area contributed by atoms with Gasteiger partial charge in [-0.2, -0.15) is 4.31 Å². The Morgan fingerprint density at radius 2 is 1.77 bits per heavy atom. The van der Waals surface area contributed by atoms with Gasteiger partial charge in [-0.1, -0.05) is 32.0 Å². The van der Waals surface area contributed by atoms with Gasteiger partial charge in [-0.3, -0.25) is 0 Å². The van der Waals surface area contributed by atoms with Crippen molar-refractivity contribution in [3.05, 3.63) is 53.6 Å². The molecular formula is C20H27NO4S. The zero-order chi connectivity index (χ0) is 19.3. The van der Waals surface area contributed by atoms with Crippen molar-refractivity contribution in [1.29, 1.82) is 0 Å². The molecule has 2 aromatic rings. The van der Waals surface area contributed by atoms with Crippen molar-refractivity contribution in [2.75, 3.05) is 20.8 Å². The number of sulfonamides is 1. The van der Waals surface area contributed by atoms with Gasteiger partial charge in [-0.25, -0.2) is 8.42 Å². The second-order valence-corrected chi connectivity index (χ2v) is 8.41. The maximum atomic E-state index is 13.0. The molecule has 0 aliphatic heterocycles. The molecule has 26 heavy (non-hydrogen) atoms. The van der Waals surface area contributed by atoms with E-state index >= 15 is 0 Å². The minimum absolute atomic E-state index is 0.157. The van der Waals surface area contributed by atoms with Gasteiger partial charge < -0.3 is 9.47 Å². The van der Waals surface area contributed by atoms with Crippen LogP contribution in [0.5, 0.6) is 11.5 Å². The van der Waals surface area contributed by atoms with Crippen LogP contribution in [0.3, 0.4) is 0 Å². The van der Waals surface area contributed by atoms with Crippen LogP contribution >= 0.6 is 0 Å². The Hall–Kier alpha value is -2.05. The molecule has 0 fully saturated rings. The van der Waals surface area contributed by atoms with Crippen molar-refractivity contribution in [2.24, 2.45) is 0 Å². The van der Waals surface area contributed by atoms with E-state index in [4.69, 9.17) is 9.47 Å². The third-order valence-corrected chi connectivity index (χ3v) is 6.00. The summed E-state index contributed by atoms with van der Waals surface area (Å²) in [5, 5.41) is 0.